The maximum atomic E-state index is 5.18. The fourth-order valence-electron chi connectivity index (χ4n) is 0.901. The van der Waals surface area contributed by atoms with Crippen LogP contribution in [-0.4, -0.2) is 4.98 Å². The highest BCUT2D eigenvalue weighted by molar-refractivity contribution is 7.09. The van der Waals surface area contributed by atoms with Crippen LogP contribution in [0.25, 0.3) is 11.5 Å². The van der Waals surface area contributed by atoms with Crippen molar-refractivity contribution in [2.75, 3.05) is 0 Å². The van der Waals surface area contributed by atoms with Gasteiger partial charge in [0.1, 0.15) is 5.69 Å². The molecule has 0 aliphatic carbocycles. The van der Waals surface area contributed by atoms with Gasteiger partial charge in [-0.2, -0.15) is 0 Å². The average molecular weight is 165 g/mol. The van der Waals surface area contributed by atoms with Crippen LogP contribution in [0, 0.1) is 6.92 Å². The Balaban J connectivity index is 2.45. The van der Waals surface area contributed by atoms with Gasteiger partial charge >= 0.3 is 0 Å². The Kier molecular flexibility index (Phi) is 1.51. The van der Waals surface area contributed by atoms with Crippen molar-refractivity contribution in [1.82, 2.24) is 4.98 Å². The monoisotopic (exact) mass is 165 g/mol. The van der Waals surface area contributed by atoms with Crippen LogP contribution in [0.2, 0.25) is 0 Å². The van der Waals surface area contributed by atoms with Gasteiger partial charge < -0.3 is 4.42 Å². The summed E-state index contributed by atoms with van der Waals surface area (Å²) >= 11 is 1.63. The molecular formula is C8H7NOS. The quantitative estimate of drug-likeness (QED) is 0.649. The highest BCUT2D eigenvalue weighted by Gasteiger charge is 2.02. The summed E-state index contributed by atoms with van der Waals surface area (Å²) in [6, 6.07) is 3.78. The second-order valence-corrected chi connectivity index (χ2v) is 3.29. The molecule has 0 radical (unpaired) electrons. The summed E-state index contributed by atoms with van der Waals surface area (Å²) in [6.45, 7) is 1.98. The summed E-state index contributed by atoms with van der Waals surface area (Å²) < 4.78 is 5.18. The first kappa shape index (κ1) is 6.61. The molecule has 2 nitrogen and oxygen atoms in total. The van der Waals surface area contributed by atoms with Crippen molar-refractivity contribution in [3.63, 3.8) is 0 Å². The molecule has 11 heavy (non-hydrogen) atoms. The molecule has 2 heterocycles. The number of hydrogen-bond acceptors (Lipinski definition) is 3. The van der Waals surface area contributed by atoms with Crippen LogP contribution in [0.4, 0.5) is 0 Å². The van der Waals surface area contributed by atoms with E-state index in [2.05, 4.69) is 4.98 Å². The van der Waals surface area contributed by atoms with Crippen LogP contribution in [0.3, 0.4) is 0 Å². The van der Waals surface area contributed by atoms with Crippen molar-refractivity contribution in [2.24, 2.45) is 0 Å². The van der Waals surface area contributed by atoms with Gasteiger partial charge in [-0.05, 0) is 19.1 Å². The zero-order chi connectivity index (χ0) is 7.68. The van der Waals surface area contributed by atoms with E-state index in [1.807, 2.05) is 24.4 Å². The Morgan fingerprint density at radius 1 is 1.55 bits per heavy atom. The predicted octanol–water partition coefficient (Wildman–Crippen LogP) is 2.71. The third-order valence-electron chi connectivity index (χ3n) is 1.39. The molecule has 0 saturated carbocycles. The molecule has 56 valence electrons. The molecule has 0 aliphatic heterocycles. The number of nitrogens with zero attached hydrogens (tertiary/aromatic N) is 1. The van der Waals surface area contributed by atoms with Gasteiger partial charge in [-0.3, -0.25) is 0 Å². The van der Waals surface area contributed by atoms with Gasteiger partial charge in [-0.25, -0.2) is 4.98 Å². The number of aromatic nitrogens is 1. The highest BCUT2D eigenvalue weighted by atomic mass is 32.1. The lowest BCUT2D eigenvalue weighted by atomic mass is 10.4. The lowest BCUT2D eigenvalue weighted by Crippen LogP contribution is -1.71. The van der Waals surface area contributed by atoms with Crippen LogP contribution < -0.4 is 0 Å². The Labute approximate surface area is 68.5 Å². The molecule has 0 bridgehead atoms. The van der Waals surface area contributed by atoms with Crippen molar-refractivity contribution in [2.45, 2.75) is 6.92 Å². The van der Waals surface area contributed by atoms with E-state index in [-0.39, 0.29) is 0 Å². The molecule has 0 saturated heterocycles. The van der Waals surface area contributed by atoms with E-state index in [1.165, 1.54) is 0 Å². The minimum absolute atomic E-state index is 0.842. The summed E-state index contributed by atoms with van der Waals surface area (Å²) in [5.74, 6) is 0.842. The van der Waals surface area contributed by atoms with Crippen molar-refractivity contribution in [1.29, 1.82) is 0 Å². The number of rotatable bonds is 1. The predicted molar refractivity (Wildman–Crippen MR) is 44.6 cm³/mol. The lowest BCUT2D eigenvalue weighted by Gasteiger charge is -1.85. The first-order valence-electron chi connectivity index (χ1n) is 3.32. The molecular weight excluding hydrogens is 158 g/mol. The Morgan fingerprint density at radius 3 is 3.00 bits per heavy atom. The number of hydrogen-bond donors (Lipinski definition) is 0. The van der Waals surface area contributed by atoms with Gasteiger partial charge in [0, 0.05) is 5.38 Å². The summed E-state index contributed by atoms with van der Waals surface area (Å²) in [7, 11) is 0. The molecule has 3 heteroatoms. The molecule has 2 rings (SSSR count). The Morgan fingerprint density at radius 2 is 2.45 bits per heavy atom. The third kappa shape index (κ3) is 1.19. The number of furan rings is 1. The van der Waals surface area contributed by atoms with Crippen LogP contribution in [0.1, 0.15) is 5.01 Å². The van der Waals surface area contributed by atoms with Crippen molar-refractivity contribution in [3.8, 4) is 11.5 Å². The molecule has 0 atom stereocenters. The van der Waals surface area contributed by atoms with Gasteiger partial charge in [0.05, 0.1) is 11.3 Å². The molecule has 2 aromatic heterocycles. The van der Waals surface area contributed by atoms with Crippen LogP contribution in [0.5, 0.6) is 0 Å². The lowest BCUT2D eigenvalue weighted by molar-refractivity contribution is 0.580. The van der Waals surface area contributed by atoms with Crippen LogP contribution >= 0.6 is 11.3 Å². The molecule has 0 N–H and O–H groups in total. The van der Waals surface area contributed by atoms with Crippen molar-refractivity contribution < 1.29 is 4.42 Å². The van der Waals surface area contributed by atoms with Crippen LogP contribution in [0.15, 0.2) is 28.2 Å². The van der Waals surface area contributed by atoms with E-state index >= 15 is 0 Å². The summed E-state index contributed by atoms with van der Waals surface area (Å²) in [4.78, 5) is 4.28. The standard InChI is InChI=1S/C8H7NOS/c1-6-9-7(5-11-6)8-3-2-4-10-8/h2-5H,1H3. The van der Waals surface area contributed by atoms with E-state index in [0.29, 0.717) is 0 Å². The SMILES string of the molecule is Cc1nc(-c2ccco2)cs1. The molecule has 0 unspecified atom stereocenters. The van der Waals surface area contributed by atoms with E-state index < -0.39 is 0 Å². The second-order valence-electron chi connectivity index (χ2n) is 2.23. The molecule has 0 fully saturated rings. The van der Waals surface area contributed by atoms with Gasteiger partial charge in [0.25, 0.3) is 0 Å². The molecule has 0 aliphatic rings. The van der Waals surface area contributed by atoms with E-state index in [0.717, 1.165) is 16.5 Å². The zero-order valence-electron chi connectivity index (χ0n) is 6.07. The fourth-order valence-corrected chi connectivity index (χ4v) is 1.50. The topological polar surface area (TPSA) is 26.0 Å². The summed E-state index contributed by atoms with van der Waals surface area (Å²) in [6.07, 6.45) is 1.66. The summed E-state index contributed by atoms with van der Waals surface area (Å²) in [5, 5.41) is 3.06. The maximum absolute atomic E-state index is 5.18. The Hall–Kier alpha value is -1.09. The molecule has 0 spiro atoms. The van der Waals surface area contributed by atoms with Crippen LogP contribution in [-0.2, 0) is 0 Å². The molecule has 0 aromatic carbocycles. The first-order valence-corrected chi connectivity index (χ1v) is 4.20. The molecule has 2 aromatic rings. The van der Waals surface area contributed by atoms with E-state index in [1.54, 1.807) is 17.6 Å². The van der Waals surface area contributed by atoms with Gasteiger partial charge in [0.2, 0.25) is 0 Å². The minimum atomic E-state index is 0.842. The van der Waals surface area contributed by atoms with Gasteiger partial charge in [-0.1, -0.05) is 0 Å². The van der Waals surface area contributed by atoms with Crippen molar-refractivity contribution >= 4 is 11.3 Å². The normalized spacial score (nSPS) is 10.3. The largest absolute Gasteiger partial charge is 0.463 e. The maximum Gasteiger partial charge on any atom is 0.153 e. The number of aryl methyl sites for hydroxylation is 1. The van der Waals surface area contributed by atoms with E-state index in [9.17, 15) is 0 Å². The fraction of sp³-hybridized carbons (Fsp3) is 0.125. The van der Waals surface area contributed by atoms with Gasteiger partial charge in [0.15, 0.2) is 5.76 Å². The first-order chi connectivity index (χ1) is 5.36. The van der Waals surface area contributed by atoms with Crippen molar-refractivity contribution in [3.05, 3.63) is 28.8 Å². The second kappa shape index (κ2) is 2.51. The third-order valence-corrected chi connectivity index (χ3v) is 2.17. The van der Waals surface area contributed by atoms with Gasteiger partial charge in [-0.15, -0.1) is 11.3 Å². The van der Waals surface area contributed by atoms with E-state index in [4.69, 9.17) is 4.42 Å². The zero-order valence-corrected chi connectivity index (χ0v) is 6.89. The smallest absolute Gasteiger partial charge is 0.153 e. The summed E-state index contributed by atoms with van der Waals surface area (Å²) in [5.41, 5.74) is 0.928. The number of thiazole rings is 1. The minimum Gasteiger partial charge on any atom is -0.463 e. The Bertz CT molecular complexity index is 337. The molecule has 0 amide bonds. The highest BCUT2D eigenvalue weighted by Crippen LogP contribution is 2.21. The average Bonchev–Trinajstić information content (AvgIpc) is 2.55.